The van der Waals surface area contributed by atoms with Crippen LogP contribution >= 0.6 is 0 Å². The number of likely N-dealkylation sites (N-methyl/N-ethyl adjacent to an activating group) is 1. The van der Waals surface area contributed by atoms with E-state index in [9.17, 15) is 0 Å². The molecular weight excluding hydrogens is 244 g/mol. The Balaban J connectivity index is 1.53. The zero-order valence-corrected chi connectivity index (χ0v) is 13.6. The number of nitrogens with zero attached hydrogens (tertiary/aromatic N) is 1. The van der Waals surface area contributed by atoms with E-state index in [1.54, 1.807) is 0 Å². The molecule has 0 aromatic rings. The maximum Gasteiger partial charge on any atom is 0.0246 e. The highest BCUT2D eigenvalue weighted by atomic mass is 15.2. The zero-order valence-electron chi connectivity index (χ0n) is 13.6. The lowest BCUT2D eigenvalue weighted by Gasteiger charge is -2.41. The number of nitrogens with two attached hydrogens (primary N) is 1. The van der Waals surface area contributed by atoms with E-state index in [-0.39, 0.29) is 0 Å². The quantitative estimate of drug-likeness (QED) is 0.832. The van der Waals surface area contributed by atoms with E-state index < -0.39 is 0 Å². The molecule has 3 fully saturated rings. The Bertz CT molecular complexity index is 317. The predicted octanol–water partition coefficient (Wildman–Crippen LogP) is 3.65. The third-order valence-corrected chi connectivity index (χ3v) is 6.65. The lowest BCUT2D eigenvalue weighted by molar-refractivity contribution is 0.104. The van der Waals surface area contributed by atoms with Crippen molar-refractivity contribution in [3.8, 4) is 0 Å². The Hall–Kier alpha value is -0.0800. The first-order valence-electron chi connectivity index (χ1n) is 9.13. The maximum atomic E-state index is 6.45. The molecule has 0 heterocycles. The third-order valence-electron chi connectivity index (χ3n) is 6.65. The number of hydrogen-bond acceptors (Lipinski definition) is 2. The molecule has 0 aliphatic heterocycles. The van der Waals surface area contributed by atoms with Gasteiger partial charge in [-0.15, -0.1) is 0 Å². The van der Waals surface area contributed by atoms with Gasteiger partial charge in [0, 0.05) is 18.6 Å². The highest BCUT2D eigenvalue weighted by molar-refractivity contribution is 4.94. The topological polar surface area (TPSA) is 29.3 Å². The second kappa shape index (κ2) is 6.36. The molecule has 3 rings (SSSR count). The van der Waals surface area contributed by atoms with Crippen LogP contribution in [-0.4, -0.2) is 30.6 Å². The monoisotopic (exact) mass is 278 g/mol. The van der Waals surface area contributed by atoms with Crippen LogP contribution in [-0.2, 0) is 0 Å². The normalized spacial score (nSPS) is 44.4. The Morgan fingerprint density at radius 3 is 2.55 bits per heavy atom. The molecule has 2 nitrogen and oxygen atoms in total. The molecule has 20 heavy (non-hydrogen) atoms. The molecular formula is C18H34N2. The van der Waals surface area contributed by atoms with Crippen molar-refractivity contribution in [3.63, 3.8) is 0 Å². The molecule has 2 N–H and O–H groups in total. The van der Waals surface area contributed by atoms with Crippen LogP contribution in [0, 0.1) is 23.7 Å². The van der Waals surface area contributed by atoms with Crippen molar-refractivity contribution >= 4 is 0 Å². The van der Waals surface area contributed by atoms with Crippen molar-refractivity contribution in [1.82, 2.24) is 4.90 Å². The van der Waals surface area contributed by atoms with Gasteiger partial charge in [0.1, 0.15) is 0 Å². The first-order valence-corrected chi connectivity index (χ1v) is 9.13. The maximum absolute atomic E-state index is 6.45. The van der Waals surface area contributed by atoms with Crippen LogP contribution in [0.4, 0.5) is 0 Å². The van der Waals surface area contributed by atoms with Gasteiger partial charge in [0.25, 0.3) is 0 Å². The van der Waals surface area contributed by atoms with E-state index in [1.807, 2.05) is 0 Å². The molecule has 0 spiro atoms. The van der Waals surface area contributed by atoms with Crippen molar-refractivity contribution < 1.29 is 0 Å². The van der Waals surface area contributed by atoms with Crippen LogP contribution in [0.5, 0.6) is 0 Å². The average molecular weight is 278 g/mol. The van der Waals surface area contributed by atoms with Gasteiger partial charge >= 0.3 is 0 Å². The summed E-state index contributed by atoms with van der Waals surface area (Å²) in [5, 5.41) is 0. The van der Waals surface area contributed by atoms with Crippen molar-refractivity contribution in [2.75, 3.05) is 13.6 Å². The SMILES string of the molecule is CCCC1CCC(N)C(N(C)CC2CC3CCC2C3)C1. The first kappa shape index (κ1) is 14.8. The molecule has 6 atom stereocenters. The van der Waals surface area contributed by atoms with E-state index in [0.717, 1.165) is 23.7 Å². The number of fused-ring (bicyclic) bond motifs is 2. The van der Waals surface area contributed by atoms with Crippen molar-refractivity contribution in [3.05, 3.63) is 0 Å². The van der Waals surface area contributed by atoms with E-state index in [4.69, 9.17) is 5.73 Å². The predicted molar refractivity (Wildman–Crippen MR) is 85.6 cm³/mol. The summed E-state index contributed by atoms with van der Waals surface area (Å²) in [6.07, 6.45) is 12.8. The molecule has 0 aromatic heterocycles. The summed E-state index contributed by atoms with van der Waals surface area (Å²) in [4.78, 5) is 2.65. The summed E-state index contributed by atoms with van der Waals surface area (Å²) in [6.45, 7) is 3.64. The lowest BCUT2D eigenvalue weighted by Crippen LogP contribution is -2.51. The molecule has 0 aromatic carbocycles. The van der Waals surface area contributed by atoms with Gasteiger partial charge in [-0.3, -0.25) is 0 Å². The molecule has 0 radical (unpaired) electrons. The molecule has 116 valence electrons. The van der Waals surface area contributed by atoms with Gasteiger partial charge in [-0.2, -0.15) is 0 Å². The standard InChI is InChI=1S/C18H34N2/c1-3-4-13-6-8-17(19)18(11-13)20(2)12-16-10-14-5-7-15(16)9-14/h13-18H,3-12,19H2,1-2H3. The summed E-state index contributed by atoms with van der Waals surface area (Å²) in [5.41, 5.74) is 6.45. The molecule has 0 amide bonds. The second-order valence-corrected chi connectivity index (χ2v) is 8.07. The molecule has 3 aliphatic carbocycles. The van der Waals surface area contributed by atoms with Crippen molar-refractivity contribution in [1.29, 1.82) is 0 Å². The fourth-order valence-electron chi connectivity index (χ4n) is 5.54. The average Bonchev–Trinajstić information content (AvgIpc) is 3.03. The molecule has 2 heteroatoms. The van der Waals surface area contributed by atoms with Crippen LogP contribution in [0.2, 0.25) is 0 Å². The van der Waals surface area contributed by atoms with Crippen LogP contribution in [0.1, 0.15) is 64.7 Å². The van der Waals surface area contributed by atoms with Crippen LogP contribution in [0.25, 0.3) is 0 Å². The molecule has 3 saturated carbocycles. The molecule has 6 unspecified atom stereocenters. The van der Waals surface area contributed by atoms with Crippen LogP contribution in [0.3, 0.4) is 0 Å². The Morgan fingerprint density at radius 2 is 1.90 bits per heavy atom. The van der Waals surface area contributed by atoms with Crippen molar-refractivity contribution in [2.24, 2.45) is 29.4 Å². The molecule has 3 aliphatic rings. The van der Waals surface area contributed by atoms with Gasteiger partial charge in [0.15, 0.2) is 0 Å². The van der Waals surface area contributed by atoms with Gasteiger partial charge in [-0.1, -0.05) is 26.2 Å². The van der Waals surface area contributed by atoms with Gasteiger partial charge < -0.3 is 10.6 Å². The lowest BCUT2D eigenvalue weighted by atomic mass is 9.79. The fraction of sp³-hybridized carbons (Fsp3) is 1.00. The van der Waals surface area contributed by atoms with E-state index >= 15 is 0 Å². The fourth-order valence-corrected chi connectivity index (χ4v) is 5.54. The smallest absolute Gasteiger partial charge is 0.0246 e. The minimum Gasteiger partial charge on any atom is -0.326 e. The zero-order chi connectivity index (χ0) is 14.1. The minimum atomic E-state index is 0.423. The number of hydrogen-bond donors (Lipinski definition) is 1. The molecule has 2 bridgehead atoms. The van der Waals surface area contributed by atoms with Gasteiger partial charge in [-0.25, -0.2) is 0 Å². The number of rotatable bonds is 5. The molecule has 0 saturated heterocycles. The summed E-state index contributed by atoms with van der Waals surface area (Å²) >= 11 is 0. The van der Waals surface area contributed by atoms with E-state index in [1.165, 1.54) is 64.3 Å². The van der Waals surface area contributed by atoms with Crippen molar-refractivity contribution in [2.45, 2.75) is 76.8 Å². The van der Waals surface area contributed by atoms with Gasteiger partial charge in [0.05, 0.1) is 0 Å². The third kappa shape index (κ3) is 3.06. The Morgan fingerprint density at radius 1 is 1.05 bits per heavy atom. The largest absolute Gasteiger partial charge is 0.326 e. The first-order chi connectivity index (χ1) is 9.67. The summed E-state index contributed by atoms with van der Waals surface area (Å²) < 4.78 is 0. The van der Waals surface area contributed by atoms with E-state index in [2.05, 4.69) is 18.9 Å². The highest BCUT2D eigenvalue weighted by Crippen LogP contribution is 2.48. The van der Waals surface area contributed by atoms with Crippen LogP contribution in [0.15, 0.2) is 0 Å². The minimum absolute atomic E-state index is 0.423. The second-order valence-electron chi connectivity index (χ2n) is 8.07. The summed E-state index contributed by atoms with van der Waals surface area (Å²) in [5.74, 6) is 4.05. The van der Waals surface area contributed by atoms with Gasteiger partial charge in [-0.05, 0) is 69.2 Å². The Labute approximate surface area is 125 Å². The summed E-state index contributed by atoms with van der Waals surface area (Å²) in [6, 6.07) is 1.08. The van der Waals surface area contributed by atoms with Gasteiger partial charge in [0.2, 0.25) is 0 Å². The Kier molecular flexibility index (Phi) is 4.72. The highest BCUT2D eigenvalue weighted by Gasteiger charge is 2.41. The summed E-state index contributed by atoms with van der Waals surface area (Å²) in [7, 11) is 2.35. The van der Waals surface area contributed by atoms with E-state index in [0.29, 0.717) is 12.1 Å². The van der Waals surface area contributed by atoms with Crippen LogP contribution < -0.4 is 5.73 Å².